The van der Waals surface area contributed by atoms with E-state index in [1.165, 1.54) is 0 Å². The van der Waals surface area contributed by atoms with Crippen molar-refractivity contribution in [1.29, 1.82) is 0 Å². The Morgan fingerprint density at radius 2 is 2.07 bits per heavy atom. The fourth-order valence-electron chi connectivity index (χ4n) is 1.41. The largest absolute Gasteiger partial charge is 0.481 e. The number of alkyl halides is 2. The number of carbonyl (C=O) groups is 1. The highest BCUT2D eigenvalue weighted by molar-refractivity contribution is 7.85. The number of halogens is 2. The van der Waals surface area contributed by atoms with Crippen LogP contribution in [-0.2, 0) is 15.6 Å². The molecule has 0 bridgehead atoms. The average Bonchev–Trinajstić information content (AvgIpc) is 2.63. The van der Waals surface area contributed by atoms with Gasteiger partial charge in [0.25, 0.3) is 0 Å². The van der Waals surface area contributed by atoms with E-state index in [-0.39, 0.29) is 12.2 Å². The first kappa shape index (κ1) is 11.6. The molecule has 0 spiro atoms. The van der Waals surface area contributed by atoms with Gasteiger partial charge in [-0.25, -0.2) is 8.78 Å². The molecule has 6 heteroatoms. The quantitative estimate of drug-likeness (QED) is 0.741. The Hall–Kier alpha value is -0.520. The van der Waals surface area contributed by atoms with E-state index in [1.54, 1.807) is 0 Å². The molecule has 1 aliphatic carbocycles. The lowest BCUT2D eigenvalue weighted by Crippen LogP contribution is -2.20. The third-order valence-electron chi connectivity index (χ3n) is 2.26. The van der Waals surface area contributed by atoms with E-state index < -0.39 is 34.4 Å². The predicted octanol–water partition coefficient (Wildman–Crippen LogP) is 1.26. The van der Waals surface area contributed by atoms with Crippen molar-refractivity contribution in [3.05, 3.63) is 0 Å². The number of hydrogen-bond acceptors (Lipinski definition) is 2. The first-order chi connectivity index (χ1) is 6.43. The zero-order chi connectivity index (χ0) is 10.8. The Morgan fingerprint density at radius 1 is 1.50 bits per heavy atom. The van der Waals surface area contributed by atoms with Gasteiger partial charge in [-0.3, -0.25) is 9.00 Å². The average molecular weight is 226 g/mol. The predicted molar refractivity (Wildman–Crippen MR) is 47.8 cm³/mol. The molecule has 1 fully saturated rings. The Balaban J connectivity index is 2.36. The molecule has 14 heavy (non-hydrogen) atoms. The van der Waals surface area contributed by atoms with Crippen LogP contribution in [0.15, 0.2) is 0 Å². The van der Waals surface area contributed by atoms with Crippen LogP contribution in [0.3, 0.4) is 0 Å². The molecule has 0 radical (unpaired) electrons. The van der Waals surface area contributed by atoms with Gasteiger partial charge in [0.1, 0.15) is 0 Å². The summed E-state index contributed by atoms with van der Waals surface area (Å²) in [7, 11) is -1.59. The fourth-order valence-corrected chi connectivity index (χ4v) is 2.88. The van der Waals surface area contributed by atoms with Gasteiger partial charge in [0.05, 0.1) is 12.2 Å². The minimum atomic E-state index is -2.57. The Kier molecular flexibility index (Phi) is 3.58. The van der Waals surface area contributed by atoms with Gasteiger partial charge in [0.2, 0.25) is 6.43 Å². The van der Waals surface area contributed by atoms with Gasteiger partial charge in [-0.1, -0.05) is 0 Å². The van der Waals surface area contributed by atoms with Crippen LogP contribution in [0.2, 0.25) is 0 Å². The summed E-state index contributed by atoms with van der Waals surface area (Å²) >= 11 is 0. The molecule has 1 aliphatic rings. The molecule has 0 aromatic carbocycles. The lowest BCUT2D eigenvalue weighted by molar-refractivity contribution is -0.138. The summed E-state index contributed by atoms with van der Waals surface area (Å²) < 4.78 is 34.8. The molecule has 0 heterocycles. The van der Waals surface area contributed by atoms with Crippen molar-refractivity contribution in [2.45, 2.75) is 25.7 Å². The normalized spacial score (nSPS) is 20.8. The number of rotatable bonds is 6. The van der Waals surface area contributed by atoms with Crippen LogP contribution < -0.4 is 0 Å². The van der Waals surface area contributed by atoms with Gasteiger partial charge in [0.15, 0.2) is 0 Å². The lowest BCUT2D eigenvalue weighted by Gasteiger charge is -2.11. The van der Waals surface area contributed by atoms with Gasteiger partial charge < -0.3 is 5.11 Å². The molecule has 0 aliphatic heterocycles. The standard InChI is InChI=1S/C8H12F2O3S/c9-6(10)4-14(13)5-8(1-2-8)3-7(11)12/h6H,1-5H2,(H,11,12). The highest BCUT2D eigenvalue weighted by Gasteiger charge is 2.45. The second-order valence-electron chi connectivity index (χ2n) is 3.71. The fraction of sp³-hybridized carbons (Fsp3) is 0.875. The SMILES string of the molecule is O=C(O)CC1(CS(=O)CC(F)F)CC1. The summed E-state index contributed by atoms with van der Waals surface area (Å²) in [5.41, 5.74) is -0.453. The zero-order valence-electron chi connectivity index (χ0n) is 7.54. The van der Waals surface area contributed by atoms with E-state index in [2.05, 4.69) is 0 Å². The highest BCUT2D eigenvalue weighted by Crippen LogP contribution is 2.49. The Labute approximate surface area is 82.9 Å². The molecular weight excluding hydrogens is 214 g/mol. The van der Waals surface area contributed by atoms with Crippen LogP contribution in [0.4, 0.5) is 8.78 Å². The van der Waals surface area contributed by atoms with Gasteiger partial charge in [-0.15, -0.1) is 0 Å². The van der Waals surface area contributed by atoms with Crippen LogP contribution in [0.1, 0.15) is 19.3 Å². The monoisotopic (exact) mass is 226 g/mol. The van der Waals surface area contributed by atoms with Crippen LogP contribution in [0.5, 0.6) is 0 Å². The number of aliphatic carboxylic acids is 1. The Morgan fingerprint density at radius 3 is 2.43 bits per heavy atom. The van der Waals surface area contributed by atoms with Crippen LogP contribution in [0.25, 0.3) is 0 Å². The Bertz CT molecular complexity index is 251. The van der Waals surface area contributed by atoms with Crippen molar-refractivity contribution in [1.82, 2.24) is 0 Å². The molecule has 1 rings (SSSR count). The molecule has 1 atom stereocenters. The van der Waals surface area contributed by atoms with E-state index in [4.69, 9.17) is 5.11 Å². The van der Waals surface area contributed by atoms with E-state index in [9.17, 15) is 17.8 Å². The van der Waals surface area contributed by atoms with E-state index in [0.717, 1.165) is 0 Å². The molecule has 0 saturated heterocycles. The van der Waals surface area contributed by atoms with Crippen molar-refractivity contribution >= 4 is 16.8 Å². The van der Waals surface area contributed by atoms with Crippen LogP contribution in [-0.4, -0.2) is 33.2 Å². The van der Waals surface area contributed by atoms with Gasteiger partial charge in [0, 0.05) is 16.6 Å². The molecule has 82 valence electrons. The zero-order valence-corrected chi connectivity index (χ0v) is 8.36. The van der Waals surface area contributed by atoms with E-state index >= 15 is 0 Å². The maximum atomic E-state index is 11.8. The third kappa shape index (κ3) is 3.69. The molecule has 0 aromatic heterocycles. The van der Waals surface area contributed by atoms with Crippen LogP contribution >= 0.6 is 0 Å². The van der Waals surface area contributed by atoms with E-state index in [0.29, 0.717) is 12.8 Å². The molecule has 0 amide bonds. The van der Waals surface area contributed by atoms with Crippen molar-refractivity contribution in [2.75, 3.05) is 11.5 Å². The maximum absolute atomic E-state index is 11.8. The summed E-state index contributed by atoms with van der Waals surface area (Å²) in [6, 6.07) is 0. The molecule has 1 N–H and O–H groups in total. The van der Waals surface area contributed by atoms with Crippen LogP contribution in [0, 0.1) is 5.41 Å². The topological polar surface area (TPSA) is 54.4 Å². The van der Waals surface area contributed by atoms with Gasteiger partial charge in [-0.2, -0.15) is 0 Å². The van der Waals surface area contributed by atoms with E-state index in [1.807, 2.05) is 0 Å². The van der Waals surface area contributed by atoms with Gasteiger partial charge in [-0.05, 0) is 18.3 Å². The second-order valence-corrected chi connectivity index (χ2v) is 5.21. The number of carboxylic acids is 1. The summed E-state index contributed by atoms with van der Waals surface area (Å²) in [5, 5.41) is 8.54. The van der Waals surface area contributed by atoms with Crippen molar-refractivity contribution in [3.63, 3.8) is 0 Å². The first-order valence-corrected chi connectivity index (χ1v) is 5.77. The third-order valence-corrected chi connectivity index (χ3v) is 3.82. The second kappa shape index (κ2) is 4.33. The highest BCUT2D eigenvalue weighted by atomic mass is 32.2. The summed E-state index contributed by atoms with van der Waals surface area (Å²) in [6.07, 6.45) is -1.25. The molecule has 0 aromatic rings. The summed E-state index contributed by atoms with van der Waals surface area (Å²) in [6.45, 7) is 0. The smallest absolute Gasteiger partial charge is 0.303 e. The van der Waals surface area contributed by atoms with Crippen molar-refractivity contribution in [3.8, 4) is 0 Å². The summed E-state index contributed by atoms with van der Waals surface area (Å²) in [4.78, 5) is 10.4. The lowest BCUT2D eigenvalue weighted by atomic mass is 10.1. The minimum Gasteiger partial charge on any atom is -0.481 e. The molecular formula is C8H12F2O3S. The minimum absolute atomic E-state index is 0.0536. The molecule has 1 unspecified atom stereocenters. The molecule has 1 saturated carbocycles. The van der Waals surface area contributed by atoms with Crippen molar-refractivity contribution < 1.29 is 22.9 Å². The number of hydrogen-bond donors (Lipinski definition) is 1. The summed E-state index contributed by atoms with van der Waals surface area (Å²) in [5.74, 6) is -1.48. The number of carboxylic acid groups (broad SMARTS) is 1. The molecule has 3 nitrogen and oxygen atoms in total. The van der Waals surface area contributed by atoms with Gasteiger partial charge >= 0.3 is 5.97 Å². The maximum Gasteiger partial charge on any atom is 0.303 e. The first-order valence-electron chi connectivity index (χ1n) is 4.28. The van der Waals surface area contributed by atoms with Crippen molar-refractivity contribution in [2.24, 2.45) is 5.41 Å².